The number of nitro groups is 1. The van der Waals surface area contributed by atoms with Crippen LogP contribution in [0.4, 0.5) is 5.69 Å². The van der Waals surface area contributed by atoms with Crippen LogP contribution in [0.2, 0.25) is 15.1 Å². The highest BCUT2D eigenvalue weighted by molar-refractivity contribution is 6.36. The Kier molecular flexibility index (Phi) is 11.4. The predicted octanol–water partition coefficient (Wildman–Crippen LogP) is 6.31. The molecular weight excluding hydrogens is 683 g/mol. The molecule has 2 unspecified atom stereocenters. The van der Waals surface area contributed by atoms with Gasteiger partial charge in [0.25, 0.3) is 5.69 Å². The number of fused-ring (bicyclic) bond motifs is 3. The summed E-state index contributed by atoms with van der Waals surface area (Å²) in [5.74, 6) is -2.14. The number of aryl methyl sites for hydroxylation is 3. The van der Waals surface area contributed by atoms with Crippen molar-refractivity contribution in [1.82, 2.24) is 13.7 Å². The molecule has 0 fully saturated rings. The van der Waals surface area contributed by atoms with Gasteiger partial charge >= 0.3 is 11.9 Å². The summed E-state index contributed by atoms with van der Waals surface area (Å²) in [6, 6.07) is 14.3. The first-order valence-electron chi connectivity index (χ1n) is 14.4. The van der Waals surface area contributed by atoms with E-state index in [4.69, 9.17) is 56.5 Å². The third-order valence-corrected chi connectivity index (χ3v) is 8.72. The van der Waals surface area contributed by atoms with Gasteiger partial charge in [-0.25, -0.2) is 0 Å². The van der Waals surface area contributed by atoms with Crippen LogP contribution in [0.5, 0.6) is 0 Å². The molecule has 0 saturated carbocycles. The van der Waals surface area contributed by atoms with E-state index in [1.807, 2.05) is 61.4 Å². The van der Waals surface area contributed by atoms with E-state index in [1.54, 1.807) is 23.9 Å². The van der Waals surface area contributed by atoms with Gasteiger partial charge in [0, 0.05) is 90.9 Å². The number of carbonyl (C=O) groups is 2. The molecule has 3 heterocycles. The molecule has 0 amide bonds. The quantitative estimate of drug-likeness (QED) is 0.109. The lowest BCUT2D eigenvalue weighted by Crippen LogP contribution is -2.32. The Balaban J connectivity index is 0.000000169. The lowest BCUT2D eigenvalue weighted by Gasteiger charge is -2.05. The number of nitrogens with zero attached hydrogens (tertiary/aromatic N) is 4. The van der Waals surface area contributed by atoms with Crippen molar-refractivity contribution in [3.05, 3.63) is 109 Å². The molecule has 0 radical (unpaired) electrons. The van der Waals surface area contributed by atoms with Crippen LogP contribution in [0.1, 0.15) is 11.1 Å². The standard InChI is InChI=1S/C12H12ClN3O4.C12H13ClN2O2.C9H8ClN/c1-15-5-6(4-8(14)12(17)18)10-7(13)2-3-9(11(10)15)16(19)20;1-15-6-7(5-9(14)12(16)17)11-8(13)3-2-4-10(11)15;1-11-6-5-7-8(10)3-2-4-9(7)11/h2-3,5,8H,4,14H2,1H3,(H,17,18);2-4,6,9H,5,14H2,1H3,(H,16,17);2-6H,1H3. The Bertz CT molecular complexity index is 2150. The molecule has 0 spiro atoms. The van der Waals surface area contributed by atoms with E-state index < -0.39 is 28.9 Å². The molecule has 48 heavy (non-hydrogen) atoms. The Labute approximate surface area is 289 Å². The van der Waals surface area contributed by atoms with Crippen molar-refractivity contribution in [3.63, 3.8) is 0 Å². The zero-order valence-corrected chi connectivity index (χ0v) is 28.4. The van der Waals surface area contributed by atoms with Gasteiger partial charge in [0.1, 0.15) is 17.6 Å². The molecule has 0 aliphatic heterocycles. The number of halogens is 3. The van der Waals surface area contributed by atoms with Gasteiger partial charge in [0.15, 0.2) is 0 Å². The molecule has 0 aliphatic rings. The van der Waals surface area contributed by atoms with Crippen LogP contribution in [-0.2, 0) is 43.6 Å². The number of non-ortho nitro benzene ring substituents is 1. The van der Waals surface area contributed by atoms with E-state index in [1.165, 1.54) is 17.6 Å². The van der Waals surface area contributed by atoms with Gasteiger partial charge in [-0.3, -0.25) is 19.7 Å². The lowest BCUT2D eigenvalue weighted by molar-refractivity contribution is -0.383. The van der Waals surface area contributed by atoms with Gasteiger partial charge in [0.2, 0.25) is 0 Å². The summed E-state index contributed by atoms with van der Waals surface area (Å²) < 4.78 is 5.54. The number of aliphatic carboxylic acids is 2. The fraction of sp³-hybridized carbons (Fsp3) is 0.212. The SMILES string of the molecule is Cn1cc(CC(N)C(=O)O)c2c(Cl)ccc([N+](=O)[O-])c21.Cn1cc(CC(N)C(=O)O)c2c(Cl)cccc21.Cn1ccc2c(Cl)cccc21. The van der Waals surface area contributed by atoms with Crippen LogP contribution in [-0.4, -0.2) is 52.9 Å². The molecule has 0 bridgehead atoms. The monoisotopic (exact) mass is 714 g/mol. The number of hydrogen-bond acceptors (Lipinski definition) is 6. The maximum atomic E-state index is 11.0. The highest BCUT2D eigenvalue weighted by Gasteiger charge is 2.23. The first-order valence-corrected chi connectivity index (χ1v) is 15.5. The second kappa shape index (κ2) is 15.1. The summed E-state index contributed by atoms with van der Waals surface area (Å²) in [6.45, 7) is 0. The zero-order chi connectivity index (χ0) is 35.4. The minimum Gasteiger partial charge on any atom is -0.480 e. The minimum absolute atomic E-state index is 0.0492. The van der Waals surface area contributed by atoms with E-state index >= 15 is 0 Å². The summed E-state index contributed by atoms with van der Waals surface area (Å²) in [5, 5.41) is 33.0. The number of nitrogens with two attached hydrogens (primary N) is 2. The Morgan fingerprint density at radius 1 is 0.750 bits per heavy atom. The molecule has 6 N–H and O–H groups in total. The largest absolute Gasteiger partial charge is 0.480 e. The Hall–Kier alpha value is -4.59. The molecule has 12 nitrogen and oxygen atoms in total. The van der Waals surface area contributed by atoms with Gasteiger partial charge in [0.05, 0.1) is 15.0 Å². The second-order valence-electron chi connectivity index (χ2n) is 11.1. The average molecular weight is 716 g/mol. The molecule has 15 heteroatoms. The van der Waals surface area contributed by atoms with Crippen molar-refractivity contribution >= 4 is 85.1 Å². The number of rotatable bonds is 7. The molecule has 6 aromatic rings. The number of hydrogen-bond donors (Lipinski definition) is 4. The third-order valence-electron chi connectivity index (χ3n) is 7.76. The lowest BCUT2D eigenvalue weighted by atomic mass is 10.1. The number of nitro benzene ring substituents is 1. The Morgan fingerprint density at radius 2 is 1.27 bits per heavy atom. The van der Waals surface area contributed by atoms with Gasteiger partial charge in [-0.05, 0) is 47.5 Å². The van der Waals surface area contributed by atoms with Crippen molar-refractivity contribution in [3.8, 4) is 0 Å². The second-order valence-corrected chi connectivity index (χ2v) is 12.3. The molecule has 0 saturated heterocycles. The fourth-order valence-corrected chi connectivity index (χ4v) is 6.24. The maximum absolute atomic E-state index is 11.0. The highest BCUT2D eigenvalue weighted by Crippen LogP contribution is 2.35. The van der Waals surface area contributed by atoms with E-state index in [0.717, 1.165) is 26.9 Å². The highest BCUT2D eigenvalue weighted by atomic mass is 35.5. The average Bonchev–Trinajstić information content (AvgIpc) is 3.68. The summed E-state index contributed by atoms with van der Waals surface area (Å²) in [4.78, 5) is 32.1. The Morgan fingerprint density at radius 3 is 1.83 bits per heavy atom. The van der Waals surface area contributed by atoms with Crippen molar-refractivity contribution in [2.75, 3.05) is 0 Å². The summed E-state index contributed by atoms with van der Waals surface area (Å²) in [5.41, 5.74) is 14.9. The van der Waals surface area contributed by atoms with E-state index in [9.17, 15) is 19.7 Å². The molecule has 2 atom stereocenters. The van der Waals surface area contributed by atoms with Crippen molar-refractivity contribution in [2.24, 2.45) is 32.6 Å². The molecular formula is C33H33Cl3N6O6. The molecule has 0 aliphatic carbocycles. The number of carboxylic acids is 2. The van der Waals surface area contributed by atoms with Crippen LogP contribution in [0.15, 0.2) is 73.2 Å². The van der Waals surface area contributed by atoms with E-state index in [-0.39, 0.29) is 18.5 Å². The van der Waals surface area contributed by atoms with Gasteiger partial charge in [-0.15, -0.1) is 0 Å². The van der Waals surface area contributed by atoms with Gasteiger partial charge in [-0.2, -0.15) is 0 Å². The first kappa shape index (κ1) is 36.2. The van der Waals surface area contributed by atoms with Crippen LogP contribution in [0.25, 0.3) is 32.7 Å². The summed E-state index contributed by atoms with van der Waals surface area (Å²) >= 11 is 18.2. The summed E-state index contributed by atoms with van der Waals surface area (Å²) in [6.07, 6.45) is 5.83. The molecule has 6 rings (SSSR count). The third kappa shape index (κ3) is 7.75. The smallest absolute Gasteiger partial charge is 0.320 e. The van der Waals surface area contributed by atoms with Gasteiger partial charge in [-0.1, -0.05) is 46.9 Å². The molecule has 252 valence electrons. The topological polar surface area (TPSA) is 185 Å². The predicted molar refractivity (Wildman–Crippen MR) is 189 cm³/mol. The van der Waals surface area contributed by atoms with Crippen LogP contribution in [0, 0.1) is 10.1 Å². The number of benzene rings is 3. The molecule has 3 aromatic heterocycles. The summed E-state index contributed by atoms with van der Waals surface area (Å²) in [7, 11) is 5.55. The van der Waals surface area contributed by atoms with Crippen LogP contribution >= 0.6 is 34.8 Å². The van der Waals surface area contributed by atoms with Crippen LogP contribution < -0.4 is 11.5 Å². The minimum atomic E-state index is -1.14. The maximum Gasteiger partial charge on any atom is 0.320 e. The normalized spacial score (nSPS) is 12.2. The van der Waals surface area contributed by atoms with Crippen molar-refractivity contribution < 1.29 is 24.7 Å². The van der Waals surface area contributed by atoms with Crippen molar-refractivity contribution in [1.29, 1.82) is 0 Å². The van der Waals surface area contributed by atoms with Crippen LogP contribution in [0.3, 0.4) is 0 Å². The first-order chi connectivity index (χ1) is 22.6. The van der Waals surface area contributed by atoms with E-state index in [0.29, 0.717) is 26.5 Å². The van der Waals surface area contributed by atoms with Gasteiger partial charge < -0.3 is 35.4 Å². The zero-order valence-electron chi connectivity index (χ0n) is 26.1. The number of carboxylic acid groups (broad SMARTS) is 2. The van der Waals surface area contributed by atoms with Crippen molar-refractivity contribution in [2.45, 2.75) is 24.9 Å². The number of aromatic nitrogens is 3. The van der Waals surface area contributed by atoms with E-state index in [2.05, 4.69) is 10.6 Å². The molecule has 3 aromatic carbocycles. The fourth-order valence-electron chi connectivity index (χ4n) is 5.44.